The first-order valence-electron chi connectivity index (χ1n) is 11.3. The highest BCUT2D eigenvalue weighted by Crippen LogP contribution is 2.44. The van der Waals surface area contributed by atoms with Gasteiger partial charge >= 0.3 is 0 Å². The van der Waals surface area contributed by atoms with Crippen molar-refractivity contribution in [3.63, 3.8) is 0 Å². The monoisotopic (exact) mass is 430 g/mol. The maximum atomic E-state index is 5.90. The van der Waals surface area contributed by atoms with Crippen molar-refractivity contribution in [1.29, 1.82) is 0 Å². The molecule has 0 radical (unpaired) electrons. The van der Waals surface area contributed by atoms with Gasteiger partial charge in [-0.25, -0.2) is 0 Å². The normalized spacial score (nSPS) is 21.6. The smallest absolute Gasteiger partial charge is 0.170 e. The lowest BCUT2D eigenvalue weighted by atomic mass is 9.95. The second-order valence-electron chi connectivity index (χ2n) is 8.97. The summed E-state index contributed by atoms with van der Waals surface area (Å²) in [6.45, 7) is 6.60. The van der Waals surface area contributed by atoms with E-state index < -0.39 is 0 Å². The molecular formula is C26H30N4S. The Labute approximate surface area is 190 Å². The van der Waals surface area contributed by atoms with E-state index in [1.807, 2.05) is 12.3 Å². The number of benzene rings is 1. The highest BCUT2D eigenvalue weighted by molar-refractivity contribution is 7.80. The van der Waals surface area contributed by atoms with Crippen LogP contribution < -0.4 is 5.32 Å². The highest BCUT2D eigenvalue weighted by Gasteiger charge is 2.44. The van der Waals surface area contributed by atoms with Crippen LogP contribution in [0, 0.1) is 20.8 Å². The fraction of sp³-hybridized carbons (Fsp3) is 0.385. The molecule has 1 N–H and O–H groups in total. The second kappa shape index (κ2) is 8.12. The van der Waals surface area contributed by atoms with E-state index in [1.165, 1.54) is 53.9 Å². The summed E-state index contributed by atoms with van der Waals surface area (Å²) in [6, 6.07) is 18.0. The zero-order valence-corrected chi connectivity index (χ0v) is 19.3. The number of nitrogens with one attached hydrogen (secondary N) is 1. The van der Waals surface area contributed by atoms with Crippen LogP contribution >= 0.6 is 12.2 Å². The van der Waals surface area contributed by atoms with Crippen LogP contribution in [0.25, 0.3) is 5.69 Å². The average Bonchev–Trinajstić information content (AvgIpc) is 3.46. The van der Waals surface area contributed by atoms with E-state index in [1.54, 1.807) is 0 Å². The van der Waals surface area contributed by atoms with E-state index >= 15 is 0 Å². The van der Waals surface area contributed by atoms with Crippen molar-refractivity contribution < 1.29 is 0 Å². The highest BCUT2D eigenvalue weighted by atomic mass is 32.1. The molecule has 1 aliphatic carbocycles. The fourth-order valence-corrected chi connectivity index (χ4v) is 5.91. The van der Waals surface area contributed by atoms with Crippen LogP contribution in [0.5, 0.6) is 0 Å². The predicted molar refractivity (Wildman–Crippen MR) is 130 cm³/mol. The van der Waals surface area contributed by atoms with E-state index in [2.05, 4.69) is 78.0 Å². The number of aryl methyl sites for hydroxylation is 2. The molecule has 31 heavy (non-hydrogen) atoms. The molecule has 2 atom stereocenters. The predicted octanol–water partition coefficient (Wildman–Crippen LogP) is 5.71. The Morgan fingerprint density at radius 2 is 1.81 bits per heavy atom. The number of hydrogen-bond acceptors (Lipinski definition) is 2. The van der Waals surface area contributed by atoms with Crippen LogP contribution in [0.4, 0.5) is 0 Å². The van der Waals surface area contributed by atoms with Crippen molar-refractivity contribution in [2.45, 2.75) is 64.6 Å². The molecule has 2 fully saturated rings. The maximum absolute atomic E-state index is 5.90. The largest absolute Gasteiger partial charge is 0.352 e. The van der Waals surface area contributed by atoms with Crippen LogP contribution in [0.1, 0.15) is 66.0 Å². The van der Waals surface area contributed by atoms with Gasteiger partial charge in [0.05, 0.1) is 17.8 Å². The molecule has 1 saturated heterocycles. The Morgan fingerprint density at radius 3 is 2.52 bits per heavy atom. The summed E-state index contributed by atoms with van der Waals surface area (Å²) >= 11 is 5.90. The molecular weight excluding hydrogens is 400 g/mol. The van der Waals surface area contributed by atoms with E-state index in [0.29, 0.717) is 6.04 Å². The third-order valence-corrected chi connectivity index (χ3v) is 7.23. The molecule has 0 spiro atoms. The minimum absolute atomic E-state index is 0.0563. The van der Waals surface area contributed by atoms with E-state index in [9.17, 15) is 0 Å². The summed E-state index contributed by atoms with van der Waals surface area (Å²) < 4.78 is 2.38. The topological polar surface area (TPSA) is 33.1 Å². The summed E-state index contributed by atoms with van der Waals surface area (Å²) in [4.78, 5) is 7.20. The first kappa shape index (κ1) is 20.3. The van der Waals surface area contributed by atoms with Crippen molar-refractivity contribution in [1.82, 2.24) is 19.8 Å². The lowest BCUT2D eigenvalue weighted by Gasteiger charge is -2.33. The van der Waals surface area contributed by atoms with E-state index in [0.717, 1.165) is 10.8 Å². The number of nitrogens with zero attached hydrogens (tertiary/aromatic N) is 3. The van der Waals surface area contributed by atoms with Gasteiger partial charge < -0.3 is 14.8 Å². The summed E-state index contributed by atoms with van der Waals surface area (Å²) in [6.07, 6.45) is 6.87. The van der Waals surface area contributed by atoms with Gasteiger partial charge in [0.1, 0.15) is 0 Å². The van der Waals surface area contributed by atoms with Crippen LogP contribution in [0.2, 0.25) is 0 Å². The summed E-state index contributed by atoms with van der Waals surface area (Å²) in [5, 5.41) is 4.50. The molecule has 1 aliphatic heterocycles. The van der Waals surface area contributed by atoms with E-state index in [-0.39, 0.29) is 12.1 Å². The minimum atomic E-state index is 0.0563. The Morgan fingerprint density at radius 1 is 1.00 bits per heavy atom. The van der Waals surface area contributed by atoms with Crippen molar-refractivity contribution in [2.75, 3.05) is 0 Å². The molecule has 0 bridgehead atoms. The molecule has 3 aromatic rings. The first-order chi connectivity index (χ1) is 15.0. The number of thiocarbonyl (C=S) groups is 1. The van der Waals surface area contributed by atoms with Gasteiger partial charge in [0, 0.05) is 29.3 Å². The molecule has 5 rings (SSSR count). The molecule has 4 nitrogen and oxygen atoms in total. The standard InChI is InChI=1S/C26H30N4S/c1-17-9-8-12-21(15-17)29-18(2)16-22(19(29)3)25-24(23-13-6-7-14-27-23)28-26(31)30(25)20-10-4-5-11-20/h6-9,12-16,20,24-25H,4-5,10-11H2,1-3H3,(H,28,31). The molecule has 2 unspecified atom stereocenters. The maximum Gasteiger partial charge on any atom is 0.170 e. The van der Waals surface area contributed by atoms with Crippen LogP contribution in [-0.4, -0.2) is 25.6 Å². The summed E-state index contributed by atoms with van der Waals surface area (Å²) in [5.41, 5.74) is 7.42. The quantitative estimate of drug-likeness (QED) is 0.537. The molecule has 5 heteroatoms. The molecule has 1 aromatic carbocycles. The van der Waals surface area contributed by atoms with Crippen molar-refractivity contribution in [3.8, 4) is 5.69 Å². The van der Waals surface area contributed by atoms with Gasteiger partial charge in [-0.3, -0.25) is 4.98 Å². The number of aromatic nitrogens is 2. The van der Waals surface area contributed by atoms with Crippen molar-refractivity contribution in [2.24, 2.45) is 0 Å². The summed E-state index contributed by atoms with van der Waals surface area (Å²) in [5.74, 6) is 0. The van der Waals surface area contributed by atoms with Crippen LogP contribution in [0.15, 0.2) is 54.7 Å². The number of pyridine rings is 1. The minimum Gasteiger partial charge on any atom is -0.352 e. The third kappa shape index (κ3) is 3.55. The van der Waals surface area contributed by atoms with Gasteiger partial charge in [-0.05, 0) is 87.3 Å². The Kier molecular flexibility index (Phi) is 5.30. The van der Waals surface area contributed by atoms with Gasteiger partial charge in [0.2, 0.25) is 0 Å². The lowest BCUT2D eigenvalue weighted by Crippen LogP contribution is -2.37. The van der Waals surface area contributed by atoms with Gasteiger partial charge in [-0.15, -0.1) is 0 Å². The summed E-state index contributed by atoms with van der Waals surface area (Å²) in [7, 11) is 0. The zero-order valence-electron chi connectivity index (χ0n) is 18.5. The van der Waals surface area contributed by atoms with Gasteiger partial charge in [0.15, 0.2) is 5.11 Å². The molecule has 1 saturated carbocycles. The van der Waals surface area contributed by atoms with Crippen molar-refractivity contribution >= 4 is 17.3 Å². The average molecular weight is 431 g/mol. The lowest BCUT2D eigenvalue weighted by molar-refractivity contribution is 0.245. The molecule has 3 heterocycles. The Balaban J connectivity index is 1.64. The van der Waals surface area contributed by atoms with Gasteiger partial charge in [0.25, 0.3) is 0 Å². The van der Waals surface area contributed by atoms with Gasteiger partial charge in [-0.1, -0.05) is 31.0 Å². The number of rotatable bonds is 4. The van der Waals surface area contributed by atoms with Crippen LogP contribution in [0.3, 0.4) is 0 Å². The number of hydrogen-bond donors (Lipinski definition) is 1. The van der Waals surface area contributed by atoms with E-state index in [4.69, 9.17) is 17.2 Å². The molecule has 2 aliphatic rings. The molecule has 2 aromatic heterocycles. The zero-order chi connectivity index (χ0) is 21.5. The Hall–Kier alpha value is -2.66. The van der Waals surface area contributed by atoms with Gasteiger partial charge in [-0.2, -0.15) is 0 Å². The van der Waals surface area contributed by atoms with Crippen LogP contribution in [-0.2, 0) is 0 Å². The Bertz CT molecular complexity index is 1100. The molecule has 160 valence electrons. The molecule has 0 amide bonds. The first-order valence-corrected chi connectivity index (χ1v) is 11.7. The van der Waals surface area contributed by atoms with Crippen molar-refractivity contribution in [3.05, 3.63) is 82.9 Å². The third-order valence-electron chi connectivity index (χ3n) is 6.90. The SMILES string of the molecule is Cc1cccc(-n2c(C)cc(C3C(c4ccccn4)NC(=S)N3C3CCCC3)c2C)c1. The second-order valence-corrected chi connectivity index (χ2v) is 9.36. The fourth-order valence-electron chi connectivity index (χ4n) is 5.53.